The van der Waals surface area contributed by atoms with Crippen molar-refractivity contribution in [3.8, 4) is 0 Å². The summed E-state index contributed by atoms with van der Waals surface area (Å²) in [6.07, 6.45) is 3.78. The van der Waals surface area contributed by atoms with Crippen LogP contribution in [0.4, 0.5) is 11.5 Å². The third-order valence-corrected chi connectivity index (χ3v) is 4.15. The number of hydrogen-bond donors (Lipinski definition) is 1. The fourth-order valence-corrected chi connectivity index (χ4v) is 2.76. The van der Waals surface area contributed by atoms with Gasteiger partial charge >= 0.3 is 0 Å². The van der Waals surface area contributed by atoms with Crippen LogP contribution < -0.4 is 10.6 Å². The zero-order valence-corrected chi connectivity index (χ0v) is 12.0. The van der Waals surface area contributed by atoms with Gasteiger partial charge in [0.05, 0.1) is 0 Å². The molecule has 1 saturated carbocycles. The standard InChI is InChI=1S/C13H21ClN4/c1-17(2)13(5-4-6-13)9-18(3)12-8-10(15)7-11(14)16-12/h7-8H,4-6,9H2,1-3H3,(H2,15,16). The van der Waals surface area contributed by atoms with Crippen molar-refractivity contribution in [2.75, 3.05) is 38.3 Å². The van der Waals surface area contributed by atoms with E-state index >= 15 is 0 Å². The molecule has 1 aliphatic rings. The molecule has 1 fully saturated rings. The lowest BCUT2D eigenvalue weighted by Gasteiger charge is -2.49. The van der Waals surface area contributed by atoms with Crippen LogP contribution >= 0.6 is 11.6 Å². The van der Waals surface area contributed by atoms with E-state index in [0.29, 0.717) is 10.8 Å². The summed E-state index contributed by atoms with van der Waals surface area (Å²) in [5.74, 6) is 0.841. The molecule has 1 heterocycles. The number of likely N-dealkylation sites (N-methyl/N-ethyl adjacent to an activating group) is 2. The lowest BCUT2D eigenvalue weighted by Crippen LogP contribution is -2.56. The van der Waals surface area contributed by atoms with Crippen molar-refractivity contribution in [1.29, 1.82) is 0 Å². The van der Waals surface area contributed by atoms with E-state index in [9.17, 15) is 0 Å². The van der Waals surface area contributed by atoms with Crippen LogP contribution in [0, 0.1) is 0 Å². The second-order valence-electron chi connectivity index (χ2n) is 5.41. The van der Waals surface area contributed by atoms with E-state index in [2.05, 4.69) is 28.9 Å². The summed E-state index contributed by atoms with van der Waals surface area (Å²) in [7, 11) is 6.33. The Morgan fingerprint density at radius 2 is 2.00 bits per heavy atom. The van der Waals surface area contributed by atoms with E-state index in [1.54, 1.807) is 6.07 Å². The van der Waals surface area contributed by atoms with Crippen LogP contribution in [0.2, 0.25) is 5.15 Å². The highest BCUT2D eigenvalue weighted by Gasteiger charge is 2.40. The molecule has 0 amide bonds. The predicted molar refractivity (Wildman–Crippen MR) is 77.2 cm³/mol. The summed E-state index contributed by atoms with van der Waals surface area (Å²) in [4.78, 5) is 8.79. The minimum absolute atomic E-state index is 0.271. The number of aromatic nitrogens is 1. The van der Waals surface area contributed by atoms with Crippen molar-refractivity contribution < 1.29 is 0 Å². The first kappa shape index (κ1) is 13.4. The molecular weight excluding hydrogens is 248 g/mol. The second kappa shape index (κ2) is 4.94. The molecule has 2 rings (SSSR count). The molecule has 100 valence electrons. The van der Waals surface area contributed by atoms with Crippen LogP contribution in [0.25, 0.3) is 0 Å². The summed E-state index contributed by atoms with van der Waals surface area (Å²) >= 11 is 5.95. The molecule has 0 saturated heterocycles. The van der Waals surface area contributed by atoms with Gasteiger partial charge in [0, 0.05) is 30.9 Å². The van der Waals surface area contributed by atoms with E-state index in [1.807, 2.05) is 13.1 Å². The van der Waals surface area contributed by atoms with Crippen molar-refractivity contribution in [1.82, 2.24) is 9.88 Å². The van der Waals surface area contributed by atoms with Gasteiger partial charge in [-0.15, -0.1) is 0 Å². The molecule has 0 aliphatic heterocycles. The summed E-state index contributed by atoms with van der Waals surface area (Å²) in [6, 6.07) is 3.54. The molecular formula is C13H21ClN4. The molecule has 18 heavy (non-hydrogen) atoms. The molecule has 0 atom stereocenters. The lowest BCUT2D eigenvalue weighted by atomic mass is 9.75. The third kappa shape index (κ3) is 2.54. The average molecular weight is 269 g/mol. The number of hydrogen-bond acceptors (Lipinski definition) is 4. The van der Waals surface area contributed by atoms with Gasteiger partial charge in [0.15, 0.2) is 0 Å². The van der Waals surface area contributed by atoms with Crippen LogP contribution in [-0.4, -0.2) is 43.1 Å². The molecule has 5 heteroatoms. The number of nitrogens with zero attached hydrogens (tertiary/aromatic N) is 3. The molecule has 2 N–H and O–H groups in total. The Bertz CT molecular complexity index is 409. The number of pyridine rings is 1. The molecule has 0 radical (unpaired) electrons. The van der Waals surface area contributed by atoms with E-state index in [-0.39, 0.29) is 5.54 Å². The lowest BCUT2D eigenvalue weighted by molar-refractivity contribution is 0.0682. The van der Waals surface area contributed by atoms with Crippen molar-refractivity contribution >= 4 is 23.1 Å². The van der Waals surface area contributed by atoms with Crippen molar-refractivity contribution in [3.63, 3.8) is 0 Å². The minimum Gasteiger partial charge on any atom is -0.399 e. The fraction of sp³-hybridized carbons (Fsp3) is 0.615. The van der Waals surface area contributed by atoms with Gasteiger partial charge in [-0.3, -0.25) is 0 Å². The fourth-order valence-electron chi connectivity index (χ4n) is 2.55. The smallest absolute Gasteiger partial charge is 0.133 e. The largest absolute Gasteiger partial charge is 0.399 e. The van der Waals surface area contributed by atoms with Crippen molar-refractivity contribution in [2.45, 2.75) is 24.8 Å². The summed E-state index contributed by atoms with van der Waals surface area (Å²) in [5.41, 5.74) is 6.73. The van der Waals surface area contributed by atoms with Crippen LogP contribution in [0.1, 0.15) is 19.3 Å². The summed E-state index contributed by atoms with van der Waals surface area (Å²) in [6.45, 7) is 0.951. The first-order chi connectivity index (χ1) is 8.43. The third-order valence-electron chi connectivity index (χ3n) is 3.96. The highest BCUT2D eigenvalue weighted by atomic mass is 35.5. The molecule has 0 unspecified atom stereocenters. The van der Waals surface area contributed by atoms with Gasteiger partial charge in [0.2, 0.25) is 0 Å². The van der Waals surface area contributed by atoms with Crippen LogP contribution in [0.15, 0.2) is 12.1 Å². The number of halogens is 1. The van der Waals surface area contributed by atoms with Crippen molar-refractivity contribution in [2.24, 2.45) is 0 Å². The molecule has 0 bridgehead atoms. The Labute approximate surface area is 114 Å². The van der Waals surface area contributed by atoms with Crippen LogP contribution in [0.3, 0.4) is 0 Å². The Morgan fingerprint density at radius 3 is 2.44 bits per heavy atom. The summed E-state index contributed by atoms with van der Waals surface area (Å²) < 4.78 is 0. The number of nitrogen functional groups attached to an aromatic ring is 1. The molecule has 4 nitrogen and oxygen atoms in total. The normalized spacial score (nSPS) is 17.6. The van der Waals surface area contributed by atoms with E-state index in [1.165, 1.54) is 19.3 Å². The monoisotopic (exact) mass is 268 g/mol. The molecule has 1 aromatic heterocycles. The average Bonchev–Trinajstić information content (AvgIpc) is 2.21. The van der Waals surface area contributed by atoms with Gasteiger partial charge in [-0.1, -0.05) is 11.6 Å². The highest BCUT2D eigenvalue weighted by Crippen LogP contribution is 2.37. The summed E-state index contributed by atoms with van der Waals surface area (Å²) in [5, 5.41) is 0.448. The number of rotatable bonds is 4. The number of nitrogens with two attached hydrogens (primary N) is 1. The molecule has 1 aliphatic carbocycles. The van der Waals surface area contributed by atoms with Crippen LogP contribution in [-0.2, 0) is 0 Å². The first-order valence-corrected chi connectivity index (χ1v) is 6.62. The highest BCUT2D eigenvalue weighted by molar-refractivity contribution is 6.29. The number of anilines is 2. The zero-order valence-electron chi connectivity index (χ0n) is 11.3. The van der Waals surface area contributed by atoms with Gasteiger partial charge in [0.25, 0.3) is 0 Å². The zero-order chi connectivity index (χ0) is 13.3. The quantitative estimate of drug-likeness (QED) is 0.851. The maximum absolute atomic E-state index is 5.95. The Balaban J connectivity index is 2.14. The van der Waals surface area contributed by atoms with Gasteiger partial charge in [-0.25, -0.2) is 4.98 Å². The predicted octanol–water partition coefficient (Wildman–Crippen LogP) is 2.24. The van der Waals surface area contributed by atoms with E-state index in [4.69, 9.17) is 17.3 Å². The Kier molecular flexibility index (Phi) is 3.69. The first-order valence-electron chi connectivity index (χ1n) is 6.25. The SMILES string of the molecule is CN(CC1(N(C)C)CCC1)c1cc(N)cc(Cl)n1. The second-order valence-corrected chi connectivity index (χ2v) is 5.80. The van der Waals surface area contributed by atoms with E-state index < -0.39 is 0 Å². The molecule has 1 aromatic rings. The van der Waals surface area contributed by atoms with Gasteiger partial charge in [-0.05, 0) is 39.4 Å². The van der Waals surface area contributed by atoms with Gasteiger partial charge < -0.3 is 15.5 Å². The van der Waals surface area contributed by atoms with E-state index in [0.717, 1.165) is 12.4 Å². The van der Waals surface area contributed by atoms with Gasteiger partial charge in [-0.2, -0.15) is 0 Å². The topological polar surface area (TPSA) is 45.4 Å². The minimum atomic E-state index is 0.271. The maximum Gasteiger partial charge on any atom is 0.133 e. The molecule has 0 spiro atoms. The van der Waals surface area contributed by atoms with Crippen molar-refractivity contribution in [3.05, 3.63) is 17.3 Å². The Morgan fingerprint density at radius 1 is 1.33 bits per heavy atom. The van der Waals surface area contributed by atoms with Crippen LogP contribution in [0.5, 0.6) is 0 Å². The molecule has 0 aromatic carbocycles. The maximum atomic E-state index is 5.95. The Hall–Kier alpha value is -1.00. The van der Waals surface area contributed by atoms with Gasteiger partial charge in [0.1, 0.15) is 11.0 Å².